The van der Waals surface area contributed by atoms with E-state index in [0.29, 0.717) is 25.0 Å². The van der Waals surface area contributed by atoms with Crippen molar-refractivity contribution in [3.05, 3.63) is 29.8 Å². The summed E-state index contributed by atoms with van der Waals surface area (Å²) in [6, 6.07) is 8.42. The van der Waals surface area contributed by atoms with E-state index in [-0.39, 0.29) is 23.3 Å². The van der Waals surface area contributed by atoms with Crippen LogP contribution in [0.4, 0.5) is 0 Å². The van der Waals surface area contributed by atoms with Gasteiger partial charge in [0.1, 0.15) is 21.4 Å². The molecule has 0 saturated heterocycles. The molecule has 2 aliphatic carbocycles. The molecule has 2 heterocycles. The van der Waals surface area contributed by atoms with E-state index in [1.807, 2.05) is 0 Å². The van der Waals surface area contributed by atoms with Crippen LogP contribution in [0.5, 0.6) is 5.75 Å². The first-order chi connectivity index (χ1) is 13.7. The summed E-state index contributed by atoms with van der Waals surface area (Å²) in [5.41, 5.74) is 1.31. The van der Waals surface area contributed by atoms with Crippen molar-refractivity contribution in [2.75, 3.05) is 19.5 Å². The highest BCUT2D eigenvalue weighted by atomic mass is 32.2. The summed E-state index contributed by atoms with van der Waals surface area (Å²) < 4.78 is 39.6. The fourth-order valence-electron chi connectivity index (χ4n) is 5.87. The Morgan fingerprint density at radius 1 is 1.10 bits per heavy atom. The average molecular weight is 417 g/mol. The smallest absolute Gasteiger partial charge is 0.208 e. The fraction of sp³-hybridized carbons (Fsp3) is 0.714. The van der Waals surface area contributed by atoms with E-state index < -0.39 is 10.0 Å². The molecule has 1 N–H and O–H groups in total. The minimum Gasteiger partial charge on any atom is -0.493 e. The summed E-state index contributed by atoms with van der Waals surface area (Å²) in [7, 11) is 1.43. The van der Waals surface area contributed by atoms with Crippen LogP contribution in [0.3, 0.4) is 0 Å². The van der Waals surface area contributed by atoms with Crippen molar-refractivity contribution in [2.45, 2.75) is 61.8 Å². The van der Waals surface area contributed by atoms with E-state index in [9.17, 15) is 8.42 Å². The number of nitrogens with one attached hydrogen (secondary N) is 1. The number of fused-ring (bicyclic) bond motifs is 4. The van der Waals surface area contributed by atoms with Crippen molar-refractivity contribution in [1.29, 1.82) is 0 Å². The number of para-hydroxylation sites is 1. The summed E-state index contributed by atoms with van der Waals surface area (Å²) in [6.45, 7) is 1.22. The molecule has 2 fully saturated rings. The molecule has 0 aromatic heterocycles. The Morgan fingerprint density at radius 3 is 2.66 bits per heavy atom. The van der Waals surface area contributed by atoms with Crippen molar-refractivity contribution in [3.63, 3.8) is 0 Å². The van der Waals surface area contributed by atoms with Gasteiger partial charge in [-0.3, -0.25) is 0 Å². The van der Waals surface area contributed by atoms with Crippen LogP contribution in [-0.4, -0.2) is 55.7 Å². The summed E-state index contributed by atoms with van der Waals surface area (Å²) in [5.74, 6) is 1.91. The third kappa shape index (κ3) is 4.86. The molecule has 2 bridgehead atoms. The van der Waals surface area contributed by atoms with Gasteiger partial charge in [0, 0.05) is 12.0 Å². The second-order valence-electron chi connectivity index (χ2n) is 9.98. The highest BCUT2D eigenvalue weighted by Crippen LogP contribution is 2.51. The second kappa shape index (κ2) is 8.27. The molecule has 158 valence electrons. The monoisotopic (exact) mass is 417 g/mol. The number of benzene rings is 1. The predicted molar refractivity (Wildman–Crippen MR) is 121 cm³/mol. The molecule has 8 heteroatoms. The highest BCUT2D eigenvalue weighted by molar-refractivity contribution is 7.88. The van der Waals surface area contributed by atoms with Crippen LogP contribution in [0.15, 0.2) is 24.3 Å². The summed E-state index contributed by atoms with van der Waals surface area (Å²) in [4.78, 5) is 0. The zero-order chi connectivity index (χ0) is 20.6. The molecule has 0 spiro atoms. The number of ether oxygens (including phenoxy) is 2. The van der Waals surface area contributed by atoms with Crippen molar-refractivity contribution >= 4 is 25.7 Å². The predicted octanol–water partition coefficient (Wildman–Crippen LogP) is 1.45. The van der Waals surface area contributed by atoms with E-state index in [0.717, 1.165) is 44.3 Å². The zero-order valence-corrected chi connectivity index (χ0v) is 18.7. The van der Waals surface area contributed by atoms with Crippen molar-refractivity contribution < 1.29 is 17.9 Å². The van der Waals surface area contributed by atoms with Gasteiger partial charge in [-0.1, -0.05) is 29.8 Å². The van der Waals surface area contributed by atoms with Crippen molar-refractivity contribution in [1.82, 2.24) is 4.72 Å². The third-order valence-corrected chi connectivity index (χ3v) is 8.05. The largest absolute Gasteiger partial charge is 0.493 e. The van der Waals surface area contributed by atoms with Crippen LogP contribution in [0, 0.1) is 11.8 Å². The first-order valence-electron chi connectivity index (χ1n) is 11.0. The molecule has 5 nitrogen and oxygen atoms in total. The van der Waals surface area contributed by atoms with Crippen LogP contribution < -0.4 is 9.46 Å². The molecule has 0 amide bonds. The molecule has 5 atom stereocenters. The van der Waals surface area contributed by atoms with Crippen LogP contribution in [0.1, 0.15) is 50.0 Å². The van der Waals surface area contributed by atoms with Gasteiger partial charge >= 0.3 is 0 Å². The third-order valence-electron chi connectivity index (χ3n) is 7.32. The first-order valence-corrected chi connectivity index (χ1v) is 12.9. The maximum atomic E-state index is 11.9. The highest BCUT2D eigenvalue weighted by Gasteiger charge is 2.41. The standard InChI is InChI=1S/C21H33B2NO4S/c1-29(25,26)24-19-7-4-5-14-12-28-20-8-3-2-6-16(20)18-10-9-15(11-21(18,22)23)27-13-17(14)19/h2-3,6,8,14-15,17-19,24H,4-5,7,9-13,22-23H2,1H3/t14?,15-,17-,18-,19+/m1/s1. The van der Waals surface area contributed by atoms with Crippen LogP contribution in [-0.2, 0) is 14.8 Å². The fourth-order valence-corrected chi connectivity index (χ4v) is 6.72. The lowest BCUT2D eigenvalue weighted by molar-refractivity contribution is -0.0321. The number of rotatable bonds is 2. The number of hydrogen-bond donors (Lipinski definition) is 1. The van der Waals surface area contributed by atoms with Gasteiger partial charge in [-0.2, -0.15) is 0 Å². The van der Waals surface area contributed by atoms with Gasteiger partial charge in [0.25, 0.3) is 0 Å². The van der Waals surface area contributed by atoms with E-state index in [1.54, 1.807) is 0 Å². The van der Waals surface area contributed by atoms with Gasteiger partial charge < -0.3 is 9.47 Å². The molecule has 29 heavy (non-hydrogen) atoms. The van der Waals surface area contributed by atoms with Gasteiger partial charge in [-0.25, -0.2) is 13.1 Å². The molecule has 5 rings (SSSR count). The lowest BCUT2D eigenvalue weighted by Crippen LogP contribution is -2.49. The van der Waals surface area contributed by atoms with Crippen LogP contribution in [0.25, 0.3) is 0 Å². The van der Waals surface area contributed by atoms with E-state index in [1.165, 1.54) is 11.8 Å². The Balaban J connectivity index is 1.65. The van der Waals surface area contributed by atoms with Gasteiger partial charge in [-0.15, -0.1) is 0 Å². The molecular weight excluding hydrogens is 384 g/mol. The second-order valence-corrected chi connectivity index (χ2v) is 11.8. The SMILES string of the molecule is BC1(B)C[C@H]2CC[C@@H]1c1ccccc1OCC1CCC[C@H](NS(C)(=O)=O)[C@@H]1CO2. The summed E-state index contributed by atoms with van der Waals surface area (Å²) in [6.07, 6.45) is 7.59. The molecule has 0 radical (unpaired) electrons. The normalized spacial score (nSPS) is 34.7. The number of sulfonamides is 1. The molecule has 4 aliphatic rings. The topological polar surface area (TPSA) is 64.6 Å². The van der Waals surface area contributed by atoms with E-state index in [4.69, 9.17) is 9.47 Å². The van der Waals surface area contributed by atoms with E-state index in [2.05, 4.69) is 44.7 Å². The van der Waals surface area contributed by atoms with Crippen LogP contribution in [0.2, 0.25) is 5.21 Å². The quantitative estimate of drug-likeness (QED) is 0.741. The molecular formula is C21H33B2NO4S. The summed E-state index contributed by atoms with van der Waals surface area (Å²) >= 11 is 0. The van der Waals surface area contributed by atoms with Gasteiger partial charge in [0.2, 0.25) is 10.0 Å². The maximum absolute atomic E-state index is 11.9. The van der Waals surface area contributed by atoms with E-state index >= 15 is 0 Å². The minimum absolute atomic E-state index is 0.0742. The minimum atomic E-state index is -3.25. The Bertz CT molecular complexity index is 832. The zero-order valence-electron chi connectivity index (χ0n) is 17.9. The van der Waals surface area contributed by atoms with Crippen molar-refractivity contribution in [2.24, 2.45) is 11.8 Å². The Hall–Kier alpha value is -0.980. The maximum Gasteiger partial charge on any atom is 0.208 e. The Labute approximate surface area is 177 Å². The van der Waals surface area contributed by atoms with Gasteiger partial charge in [-0.05, 0) is 55.6 Å². The van der Waals surface area contributed by atoms with Crippen molar-refractivity contribution in [3.8, 4) is 5.75 Å². The lowest BCUT2D eigenvalue weighted by atomic mass is 9.42. The molecule has 1 aromatic carbocycles. The molecule has 1 unspecified atom stereocenters. The summed E-state index contributed by atoms with van der Waals surface area (Å²) in [5, 5.41) is 0.137. The number of hydrogen-bond acceptors (Lipinski definition) is 4. The molecule has 2 saturated carbocycles. The molecule has 2 aliphatic heterocycles. The Morgan fingerprint density at radius 2 is 1.90 bits per heavy atom. The molecule has 1 aromatic rings. The average Bonchev–Trinajstić information content (AvgIpc) is 2.63. The Kier molecular flexibility index (Phi) is 6.07. The first kappa shape index (κ1) is 21.3. The van der Waals surface area contributed by atoms with Gasteiger partial charge in [0.15, 0.2) is 0 Å². The van der Waals surface area contributed by atoms with Crippen LogP contribution >= 0.6 is 0 Å². The lowest BCUT2D eigenvalue weighted by Gasteiger charge is -2.45. The van der Waals surface area contributed by atoms with Gasteiger partial charge in [0.05, 0.1) is 25.6 Å².